The Balaban J connectivity index is 2.51. The lowest BCUT2D eigenvalue weighted by Gasteiger charge is -2.02. The lowest BCUT2D eigenvalue weighted by Crippen LogP contribution is -2.17. The fourth-order valence-electron chi connectivity index (χ4n) is 1.21. The van der Waals surface area contributed by atoms with Gasteiger partial charge in [0.25, 0.3) is 0 Å². The summed E-state index contributed by atoms with van der Waals surface area (Å²) in [4.78, 5) is 32.7. The number of fused-ring (bicyclic) bond motifs is 1. The minimum Gasteiger partial charge on any atom is -0.377 e. The number of carbonyl (C=O) groups is 3. The molecule has 0 unspecified atom stereocenters. The third-order valence-corrected chi connectivity index (χ3v) is 1.82. The van der Waals surface area contributed by atoms with E-state index >= 15 is 0 Å². The maximum Gasteiger partial charge on any atom is 0.227 e. The zero-order valence-electron chi connectivity index (χ0n) is 6.09. The molecule has 0 saturated carbocycles. The van der Waals surface area contributed by atoms with Crippen molar-refractivity contribution >= 4 is 17.3 Å². The SMILES string of the molecule is O=C1C=C2NCC(=O)C2=CC1=O. The maximum atomic E-state index is 11.0. The molecule has 1 aliphatic carbocycles. The lowest BCUT2D eigenvalue weighted by molar-refractivity contribution is -0.131. The summed E-state index contributed by atoms with van der Waals surface area (Å²) in [7, 11) is 0. The summed E-state index contributed by atoms with van der Waals surface area (Å²) >= 11 is 0. The highest BCUT2D eigenvalue weighted by molar-refractivity contribution is 6.48. The van der Waals surface area contributed by atoms with Crippen LogP contribution in [0.15, 0.2) is 23.4 Å². The van der Waals surface area contributed by atoms with E-state index in [-0.39, 0.29) is 12.3 Å². The normalized spacial score (nSPS) is 21.5. The molecule has 2 rings (SSSR count). The number of ketones is 3. The molecule has 0 amide bonds. The molecule has 0 bridgehead atoms. The van der Waals surface area contributed by atoms with Gasteiger partial charge in [-0.2, -0.15) is 0 Å². The lowest BCUT2D eigenvalue weighted by atomic mass is 10.0. The third kappa shape index (κ3) is 0.812. The minimum atomic E-state index is -0.620. The van der Waals surface area contributed by atoms with Crippen LogP contribution < -0.4 is 5.32 Å². The van der Waals surface area contributed by atoms with Gasteiger partial charge in [0, 0.05) is 23.4 Å². The second-order valence-corrected chi connectivity index (χ2v) is 2.62. The van der Waals surface area contributed by atoms with Gasteiger partial charge in [-0.25, -0.2) is 0 Å². The molecule has 1 aliphatic heterocycles. The molecule has 1 heterocycles. The topological polar surface area (TPSA) is 63.2 Å². The zero-order valence-corrected chi connectivity index (χ0v) is 6.09. The molecule has 1 saturated heterocycles. The quantitative estimate of drug-likeness (QED) is 0.372. The Morgan fingerprint density at radius 2 is 1.75 bits per heavy atom. The Morgan fingerprint density at radius 3 is 2.50 bits per heavy atom. The molecule has 0 radical (unpaired) electrons. The molecule has 12 heavy (non-hydrogen) atoms. The van der Waals surface area contributed by atoms with Gasteiger partial charge < -0.3 is 5.32 Å². The highest BCUT2D eigenvalue weighted by Crippen LogP contribution is 2.18. The van der Waals surface area contributed by atoms with Crippen molar-refractivity contribution in [3.63, 3.8) is 0 Å². The number of nitrogens with one attached hydrogen (secondary N) is 1. The van der Waals surface area contributed by atoms with E-state index in [1.807, 2.05) is 0 Å². The number of carbonyl (C=O) groups excluding carboxylic acids is 3. The summed E-state index contributed by atoms with van der Waals surface area (Å²) in [5.74, 6) is -1.33. The summed E-state index contributed by atoms with van der Waals surface area (Å²) < 4.78 is 0. The van der Waals surface area contributed by atoms with Crippen molar-refractivity contribution in [3.05, 3.63) is 23.4 Å². The fraction of sp³-hybridized carbons (Fsp3) is 0.125. The van der Waals surface area contributed by atoms with E-state index < -0.39 is 11.6 Å². The Bertz CT molecular complexity index is 362. The maximum absolute atomic E-state index is 11.0. The van der Waals surface area contributed by atoms with Crippen molar-refractivity contribution in [1.29, 1.82) is 0 Å². The molecule has 0 atom stereocenters. The van der Waals surface area contributed by atoms with Gasteiger partial charge in [0.1, 0.15) is 0 Å². The van der Waals surface area contributed by atoms with E-state index in [1.165, 1.54) is 6.08 Å². The van der Waals surface area contributed by atoms with E-state index in [9.17, 15) is 14.4 Å². The van der Waals surface area contributed by atoms with Crippen LogP contribution >= 0.6 is 0 Å². The highest BCUT2D eigenvalue weighted by Gasteiger charge is 2.28. The Kier molecular flexibility index (Phi) is 1.24. The third-order valence-electron chi connectivity index (χ3n) is 1.82. The summed E-state index contributed by atoms with van der Waals surface area (Å²) in [6.07, 6.45) is 2.27. The Hall–Kier alpha value is -1.71. The van der Waals surface area contributed by atoms with Crippen LogP contribution in [-0.2, 0) is 14.4 Å². The molecule has 0 spiro atoms. The van der Waals surface area contributed by atoms with E-state index in [0.717, 1.165) is 6.08 Å². The average Bonchev–Trinajstić information content (AvgIpc) is 2.35. The van der Waals surface area contributed by atoms with Crippen molar-refractivity contribution in [3.8, 4) is 0 Å². The van der Waals surface area contributed by atoms with Gasteiger partial charge >= 0.3 is 0 Å². The van der Waals surface area contributed by atoms with Crippen LogP contribution in [0.5, 0.6) is 0 Å². The molecule has 1 fully saturated rings. The van der Waals surface area contributed by atoms with Gasteiger partial charge in [-0.05, 0) is 0 Å². The van der Waals surface area contributed by atoms with Crippen LogP contribution in [0, 0.1) is 0 Å². The average molecular weight is 163 g/mol. The van der Waals surface area contributed by atoms with Crippen LogP contribution in [0.2, 0.25) is 0 Å². The van der Waals surface area contributed by atoms with Crippen LogP contribution in [0.1, 0.15) is 0 Å². The predicted octanol–water partition coefficient (Wildman–Crippen LogP) is -0.879. The van der Waals surface area contributed by atoms with Crippen molar-refractivity contribution in [1.82, 2.24) is 5.32 Å². The summed E-state index contributed by atoms with van der Waals surface area (Å²) in [5, 5.41) is 2.73. The first-order valence-corrected chi connectivity index (χ1v) is 3.47. The van der Waals surface area contributed by atoms with E-state index in [0.29, 0.717) is 11.3 Å². The summed E-state index contributed by atoms with van der Waals surface area (Å²) in [5.41, 5.74) is 0.809. The molecule has 0 aromatic carbocycles. The molecular weight excluding hydrogens is 158 g/mol. The zero-order chi connectivity index (χ0) is 8.72. The monoisotopic (exact) mass is 163 g/mol. The van der Waals surface area contributed by atoms with Crippen LogP contribution in [0.4, 0.5) is 0 Å². The molecular formula is C8H5NO3. The second kappa shape index (κ2) is 2.14. The number of hydrogen-bond donors (Lipinski definition) is 1. The molecule has 0 aromatic rings. The molecule has 1 N–H and O–H groups in total. The van der Waals surface area contributed by atoms with Crippen molar-refractivity contribution < 1.29 is 14.4 Å². The van der Waals surface area contributed by atoms with Crippen LogP contribution in [0.25, 0.3) is 0 Å². The fourth-order valence-corrected chi connectivity index (χ4v) is 1.21. The Morgan fingerprint density at radius 1 is 1.08 bits per heavy atom. The molecule has 60 valence electrons. The van der Waals surface area contributed by atoms with Gasteiger partial charge in [-0.15, -0.1) is 0 Å². The Labute approximate surface area is 67.9 Å². The van der Waals surface area contributed by atoms with Gasteiger partial charge in [-0.1, -0.05) is 0 Å². The van der Waals surface area contributed by atoms with E-state index in [1.54, 1.807) is 0 Å². The summed E-state index contributed by atoms with van der Waals surface area (Å²) in [6, 6.07) is 0. The minimum absolute atomic E-state index is 0.137. The second-order valence-electron chi connectivity index (χ2n) is 2.62. The van der Waals surface area contributed by atoms with Crippen LogP contribution in [-0.4, -0.2) is 23.9 Å². The van der Waals surface area contributed by atoms with Gasteiger partial charge in [0.05, 0.1) is 6.54 Å². The highest BCUT2D eigenvalue weighted by atomic mass is 16.2. The number of allylic oxidation sites excluding steroid dienone is 3. The van der Waals surface area contributed by atoms with Crippen molar-refractivity contribution in [2.45, 2.75) is 0 Å². The molecule has 2 aliphatic rings. The van der Waals surface area contributed by atoms with Crippen molar-refractivity contribution in [2.75, 3.05) is 6.54 Å². The predicted molar refractivity (Wildman–Crippen MR) is 39.2 cm³/mol. The number of hydrogen-bond acceptors (Lipinski definition) is 4. The molecule has 4 heteroatoms. The first-order chi connectivity index (χ1) is 5.68. The molecule has 4 nitrogen and oxygen atoms in total. The van der Waals surface area contributed by atoms with Gasteiger partial charge in [-0.3, -0.25) is 14.4 Å². The number of rotatable bonds is 0. The van der Waals surface area contributed by atoms with Gasteiger partial charge in [0.2, 0.25) is 11.6 Å². The van der Waals surface area contributed by atoms with Gasteiger partial charge in [0.15, 0.2) is 5.78 Å². The first-order valence-electron chi connectivity index (χ1n) is 3.47. The summed E-state index contributed by atoms with van der Waals surface area (Å²) in [6.45, 7) is 0.179. The number of Topliss-reactive ketones (excluding diaryl/α,β-unsaturated/α-hetero) is 1. The van der Waals surface area contributed by atoms with E-state index in [2.05, 4.69) is 5.32 Å². The van der Waals surface area contributed by atoms with E-state index in [4.69, 9.17) is 0 Å². The van der Waals surface area contributed by atoms with Crippen molar-refractivity contribution in [2.24, 2.45) is 0 Å². The standard InChI is InChI=1S/C8H5NO3/c10-6-1-4-5(2-7(6)11)9-3-8(4)12/h1-2,9H,3H2. The largest absolute Gasteiger partial charge is 0.377 e. The molecule has 0 aromatic heterocycles. The smallest absolute Gasteiger partial charge is 0.227 e. The van der Waals surface area contributed by atoms with Crippen LogP contribution in [0.3, 0.4) is 0 Å². The first kappa shape index (κ1) is 6.97.